The van der Waals surface area contributed by atoms with Gasteiger partial charge in [0, 0.05) is 11.5 Å². The lowest BCUT2D eigenvalue weighted by molar-refractivity contribution is 0.411. The van der Waals surface area contributed by atoms with E-state index in [1.807, 2.05) is 0 Å². The molecule has 0 aliphatic heterocycles. The Hall–Kier alpha value is -1.55. The second-order valence-corrected chi connectivity index (χ2v) is 5.61. The molecule has 0 amide bonds. The first-order valence-corrected chi connectivity index (χ1v) is 7.66. The number of nitrogens with zero attached hydrogens (tertiary/aromatic N) is 1. The summed E-state index contributed by atoms with van der Waals surface area (Å²) in [5.74, 6) is 0.131. The number of anilines is 1. The maximum atomic E-state index is 13.2. The van der Waals surface area contributed by atoms with Gasteiger partial charge in [-0.1, -0.05) is 43.4 Å². The Bertz CT molecular complexity index is 606. The van der Waals surface area contributed by atoms with Crippen molar-refractivity contribution in [1.29, 1.82) is 0 Å². The standard InChI is InChI=1S/C16H20ClFN2O/c1-3-5-10(6-4-2)15-14(16(19)21-20-15)12-8-7-11(18)9-13(12)17/h7-10H,3-6,19H2,1-2H3. The summed E-state index contributed by atoms with van der Waals surface area (Å²) >= 11 is 6.16. The molecule has 2 rings (SSSR count). The van der Waals surface area contributed by atoms with Gasteiger partial charge in [-0.15, -0.1) is 0 Å². The van der Waals surface area contributed by atoms with Gasteiger partial charge in [-0.2, -0.15) is 0 Å². The predicted octanol–water partition coefficient (Wildman–Crippen LogP) is 5.40. The third-order valence-corrected chi connectivity index (χ3v) is 3.92. The molecule has 21 heavy (non-hydrogen) atoms. The highest BCUT2D eigenvalue weighted by Crippen LogP contribution is 2.40. The van der Waals surface area contributed by atoms with Crippen molar-refractivity contribution in [3.8, 4) is 11.1 Å². The molecule has 114 valence electrons. The fourth-order valence-electron chi connectivity index (χ4n) is 2.67. The van der Waals surface area contributed by atoms with Crippen molar-refractivity contribution in [3.05, 3.63) is 34.7 Å². The van der Waals surface area contributed by atoms with Crippen LogP contribution < -0.4 is 5.73 Å². The first-order valence-electron chi connectivity index (χ1n) is 7.28. The normalized spacial score (nSPS) is 11.3. The fourth-order valence-corrected chi connectivity index (χ4v) is 2.93. The van der Waals surface area contributed by atoms with Gasteiger partial charge < -0.3 is 10.3 Å². The quantitative estimate of drug-likeness (QED) is 0.777. The maximum Gasteiger partial charge on any atom is 0.230 e. The number of halogens is 2. The summed E-state index contributed by atoms with van der Waals surface area (Å²) in [7, 11) is 0. The molecule has 0 aliphatic carbocycles. The summed E-state index contributed by atoms with van der Waals surface area (Å²) in [5, 5.41) is 4.46. The van der Waals surface area contributed by atoms with E-state index in [1.165, 1.54) is 12.1 Å². The van der Waals surface area contributed by atoms with Crippen molar-refractivity contribution in [2.24, 2.45) is 0 Å². The highest BCUT2D eigenvalue weighted by molar-refractivity contribution is 6.33. The van der Waals surface area contributed by atoms with Gasteiger partial charge in [-0.05, 0) is 31.0 Å². The lowest BCUT2D eigenvalue weighted by atomic mass is 9.90. The minimum atomic E-state index is -0.376. The van der Waals surface area contributed by atoms with Gasteiger partial charge in [0.1, 0.15) is 5.82 Å². The van der Waals surface area contributed by atoms with Gasteiger partial charge in [-0.25, -0.2) is 4.39 Å². The first kappa shape index (κ1) is 15.8. The second-order valence-electron chi connectivity index (χ2n) is 5.21. The smallest absolute Gasteiger partial charge is 0.230 e. The highest BCUT2D eigenvalue weighted by atomic mass is 35.5. The van der Waals surface area contributed by atoms with Gasteiger partial charge in [0.15, 0.2) is 0 Å². The Morgan fingerprint density at radius 3 is 2.52 bits per heavy atom. The van der Waals surface area contributed by atoms with E-state index < -0.39 is 0 Å². The Kier molecular flexibility index (Phi) is 5.23. The minimum Gasteiger partial charge on any atom is -0.367 e. The van der Waals surface area contributed by atoms with Gasteiger partial charge in [0.25, 0.3) is 0 Å². The number of nitrogen functional groups attached to an aromatic ring is 1. The summed E-state index contributed by atoms with van der Waals surface area (Å²) in [6, 6.07) is 4.27. The van der Waals surface area contributed by atoms with Crippen molar-refractivity contribution < 1.29 is 8.91 Å². The molecule has 0 fully saturated rings. The molecule has 0 aliphatic rings. The lowest BCUT2D eigenvalue weighted by Crippen LogP contribution is -2.01. The van der Waals surface area contributed by atoms with Crippen LogP contribution in [-0.4, -0.2) is 5.16 Å². The average molecular weight is 311 g/mol. The molecule has 0 atom stereocenters. The first-order chi connectivity index (χ1) is 10.1. The molecule has 2 aromatic rings. The van der Waals surface area contributed by atoms with Crippen molar-refractivity contribution in [2.45, 2.75) is 45.4 Å². The third kappa shape index (κ3) is 3.38. The topological polar surface area (TPSA) is 52.0 Å². The summed E-state index contributed by atoms with van der Waals surface area (Å²) in [5.41, 5.74) is 8.12. The van der Waals surface area contributed by atoms with Crippen molar-refractivity contribution >= 4 is 17.5 Å². The minimum absolute atomic E-state index is 0.232. The van der Waals surface area contributed by atoms with E-state index >= 15 is 0 Å². The van der Waals surface area contributed by atoms with E-state index in [1.54, 1.807) is 6.07 Å². The monoisotopic (exact) mass is 310 g/mol. The van der Waals surface area contributed by atoms with E-state index in [-0.39, 0.29) is 17.6 Å². The molecule has 0 bridgehead atoms. The molecule has 0 saturated carbocycles. The van der Waals surface area contributed by atoms with E-state index in [9.17, 15) is 4.39 Å². The van der Waals surface area contributed by atoms with Crippen molar-refractivity contribution in [3.63, 3.8) is 0 Å². The van der Waals surface area contributed by atoms with Crippen LogP contribution in [0, 0.1) is 5.82 Å². The van der Waals surface area contributed by atoms with Crippen LogP contribution in [0.1, 0.15) is 51.1 Å². The highest BCUT2D eigenvalue weighted by Gasteiger charge is 2.24. The van der Waals surface area contributed by atoms with Gasteiger partial charge in [-0.3, -0.25) is 0 Å². The summed E-state index contributed by atoms with van der Waals surface area (Å²) in [6.45, 7) is 4.27. The molecule has 2 N–H and O–H groups in total. The molecule has 3 nitrogen and oxygen atoms in total. The number of hydrogen-bond acceptors (Lipinski definition) is 3. The van der Waals surface area contributed by atoms with Gasteiger partial charge in [0.05, 0.1) is 16.3 Å². The molecule has 5 heteroatoms. The SMILES string of the molecule is CCCC(CCC)c1noc(N)c1-c1ccc(F)cc1Cl. The number of rotatable bonds is 6. The van der Waals surface area contributed by atoms with Crippen LogP contribution >= 0.6 is 11.6 Å². The summed E-state index contributed by atoms with van der Waals surface area (Å²) < 4.78 is 18.4. The van der Waals surface area contributed by atoms with E-state index in [0.717, 1.165) is 31.4 Å². The zero-order chi connectivity index (χ0) is 15.4. The maximum absolute atomic E-state index is 13.2. The fraction of sp³-hybridized carbons (Fsp3) is 0.438. The Balaban J connectivity index is 2.50. The number of aromatic nitrogens is 1. The van der Waals surface area contributed by atoms with Crippen LogP contribution in [-0.2, 0) is 0 Å². The van der Waals surface area contributed by atoms with Crippen molar-refractivity contribution in [2.75, 3.05) is 5.73 Å². The van der Waals surface area contributed by atoms with Crippen LogP contribution in [0.5, 0.6) is 0 Å². The van der Waals surface area contributed by atoms with Crippen molar-refractivity contribution in [1.82, 2.24) is 5.16 Å². The molecule has 0 unspecified atom stereocenters. The summed E-state index contributed by atoms with van der Waals surface area (Å²) in [6.07, 6.45) is 4.11. The van der Waals surface area contributed by atoms with Gasteiger partial charge >= 0.3 is 0 Å². The van der Waals surface area contributed by atoms with Crippen LogP contribution in [0.25, 0.3) is 11.1 Å². The molecule has 0 spiro atoms. The molecule has 0 radical (unpaired) electrons. The number of benzene rings is 1. The number of hydrogen-bond donors (Lipinski definition) is 1. The molecule has 1 heterocycles. The Morgan fingerprint density at radius 1 is 1.29 bits per heavy atom. The van der Waals surface area contributed by atoms with Crippen LogP contribution in [0.3, 0.4) is 0 Å². The molecular weight excluding hydrogens is 291 g/mol. The van der Waals surface area contributed by atoms with E-state index in [0.29, 0.717) is 16.1 Å². The summed E-state index contributed by atoms with van der Waals surface area (Å²) in [4.78, 5) is 0. The number of nitrogens with two attached hydrogens (primary N) is 1. The van der Waals surface area contributed by atoms with Gasteiger partial charge in [0.2, 0.25) is 5.88 Å². The Morgan fingerprint density at radius 2 is 1.95 bits per heavy atom. The molecular formula is C16H20ClFN2O. The third-order valence-electron chi connectivity index (χ3n) is 3.61. The predicted molar refractivity (Wildman–Crippen MR) is 83.9 cm³/mol. The lowest BCUT2D eigenvalue weighted by Gasteiger charge is -2.14. The molecule has 1 aromatic heterocycles. The van der Waals surface area contributed by atoms with Crippen LogP contribution in [0.4, 0.5) is 10.3 Å². The molecule has 0 saturated heterocycles. The van der Waals surface area contributed by atoms with E-state index in [2.05, 4.69) is 19.0 Å². The van der Waals surface area contributed by atoms with Crippen LogP contribution in [0.2, 0.25) is 5.02 Å². The van der Waals surface area contributed by atoms with E-state index in [4.69, 9.17) is 21.9 Å². The van der Waals surface area contributed by atoms with Crippen LogP contribution in [0.15, 0.2) is 22.7 Å². The zero-order valence-electron chi connectivity index (χ0n) is 12.3. The zero-order valence-corrected chi connectivity index (χ0v) is 13.1. The molecule has 1 aromatic carbocycles. The largest absolute Gasteiger partial charge is 0.367 e. The average Bonchev–Trinajstić information content (AvgIpc) is 2.80. The Labute approximate surface area is 129 Å². The second kappa shape index (κ2) is 6.94.